The van der Waals surface area contributed by atoms with E-state index in [4.69, 9.17) is 4.74 Å². The van der Waals surface area contributed by atoms with Gasteiger partial charge in [-0.05, 0) is 24.3 Å². The van der Waals surface area contributed by atoms with Crippen LogP contribution in [0.4, 0.5) is 0 Å². The third kappa shape index (κ3) is 3.45. The smallest absolute Gasteiger partial charge is 0.175 e. The lowest BCUT2D eigenvalue weighted by atomic mass is 10.1. The Morgan fingerprint density at radius 2 is 1.88 bits per heavy atom. The maximum absolute atomic E-state index is 11.7. The largest absolute Gasteiger partial charge is 0.497 e. The van der Waals surface area contributed by atoms with Crippen LogP contribution in [0.3, 0.4) is 0 Å². The monoisotopic (exact) mass is 240 g/mol. The second-order valence-electron chi connectivity index (χ2n) is 3.73. The summed E-state index contributed by atoms with van der Waals surface area (Å²) in [5, 5.41) is 0.0159. The lowest BCUT2D eigenvalue weighted by molar-refractivity contribution is 0.102. The average Bonchev–Trinajstić information content (AvgIpc) is 2.28. The molecule has 1 rings (SSSR count). The fraction of sp³-hybridized carbons (Fsp3) is 0.417. The molecule has 0 fully saturated rings. The normalized spacial score (nSPS) is 12.5. The van der Waals surface area contributed by atoms with Gasteiger partial charge in [0.15, 0.2) is 5.78 Å². The van der Waals surface area contributed by atoms with Crippen LogP contribution in [-0.2, 0) is 10.8 Å². The van der Waals surface area contributed by atoms with Gasteiger partial charge in [-0.25, -0.2) is 0 Å². The van der Waals surface area contributed by atoms with Crippen LogP contribution < -0.4 is 4.74 Å². The topological polar surface area (TPSA) is 43.4 Å². The van der Waals surface area contributed by atoms with Gasteiger partial charge in [0, 0.05) is 21.6 Å². The molecule has 88 valence electrons. The molecule has 0 aliphatic rings. The molecule has 0 amide bonds. The summed E-state index contributed by atoms with van der Waals surface area (Å²) in [6, 6.07) is 6.84. The molecule has 1 aromatic rings. The minimum Gasteiger partial charge on any atom is -0.497 e. The highest BCUT2D eigenvalue weighted by molar-refractivity contribution is 7.86. The minimum atomic E-state index is -1.09. The highest BCUT2D eigenvalue weighted by atomic mass is 32.2. The summed E-state index contributed by atoms with van der Waals surface area (Å²) < 4.78 is 16.5. The molecule has 1 unspecified atom stereocenters. The van der Waals surface area contributed by atoms with E-state index in [2.05, 4.69) is 0 Å². The van der Waals surface area contributed by atoms with Gasteiger partial charge in [0.1, 0.15) is 5.75 Å². The zero-order chi connectivity index (χ0) is 12.1. The molecule has 0 saturated carbocycles. The summed E-state index contributed by atoms with van der Waals surface area (Å²) in [6.07, 6.45) is 0. The Balaban J connectivity index is 2.70. The van der Waals surface area contributed by atoms with E-state index >= 15 is 0 Å². The van der Waals surface area contributed by atoms with Crippen molar-refractivity contribution >= 4 is 16.6 Å². The number of hydrogen-bond acceptors (Lipinski definition) is 3. The molecule has 3 nitrogen and oxygen atoms in total. The van der Waals surface area contributed by atoms with Crippen LogP contribution in [-0.4, -0.2) is 28.1 Å². The minimum absolute atomic E-state index is 0.0159. The Labute approximate surface area is 98.3 Å². The van der Waals surface area contributed by atoms with E-state index < -0.39 is 10.8 Å². The molecule has 0 spiro atoms. The van der Waals surface area contributed by atoms with Crippen molar-refractivity contribution in [3.63, 3.8) is 0 Å². The van der Waals surface area contributed by atoms with Gasteiger partial charge in [0.05, 0.1) is 12.9 Å². The Hall–Kier alpha value is -1.16. The van der Waals surface area contributed by atoms with E-state index in [9.17, 15) is 9.00 Å². The Morgan fingerprint density at radius 3 is 2.31 bits per heavy atom. The number of benzene rings is 1. The summed E-state index contributed by atoms with van der Waals surface area (Å²) in [5.41, 5.74) is 0.579. The quantitative estimate of drug-likeness (QED) is 0.740. The highest BCUT2D eigenvalue weighted by Gasteiger charge is 2.13. The molecule has 0 heterocycles. The van der Waals surface area contributed by atoms with Crippen LogP contribution in [0.15, 0.2) is 24.3 Å². The molecular formula is C12H16O3S. The van der Waals surface area contributed by atoms with Crippen molar-refractivity contribution < 1.29 is 13.7 Å². The van der Waals surface area contributed by atoms with Gasteiger partial charge in [-0.3, -0.25) is 9.00 Å². The van der Waals surface area contributed by atoms with Crippen LogP contribution in [0, 0.1) is 0 Å². The molecule has 1 aromatic carbocycles. The van der Waals surface area contributed by atoms with Crippen molar-refractivity contribution in [3.05, 3.63) is 29.8 Å². The first-order chi connectivity index (χ1) is 7.54. The third-order valence-corrected chi connectivity index (χ3v) is 3.81. The molecular weight excluding hydrogens is 224 g/mol. The first-order valence-electron chi connectivity index (χ1n) is 5.09. The first-order valence-corrected chi connectivity index (χ1v) is 6.47. The molecule has 0 bridgehead atoms. The lowest BCUT2D eigenvalue weighted by Crippen LogP contribution is -2.17. The van der Waals surface area contributed by atoms with Crippen molar-refractivity contribution in [2.24, 2.45) is 0 Å². The Kier molecular flexibility index (Phi) is 4.68. The van der Waals surface area contributed by atoms with Crippen molar-refractivity contribution in [2.45, 2.75) is 19.1 Å². The predicted octanol–water partition coefficient (Wildman–Crippen LogP) is 2.04. The van der Waals surface area contributed by atoms with Crippen molar-refractivity contribution in [1.29, 1.82) is 0 Å². The molecule has 0 radical (unpaired) electrons. The van der Waals surface area contributed by atoms with Crippen molar-refractivity contribution in [2.75, 3.05) is 12.9 Å². The van der Waals surface area contributed by atoms with Crippen molar-refractivity contribution in [1.82, 2.24) is 0 Å². The second kappa shape index (κ2) is 5.80. The zero-order valence-electron chi connectivity index (χ0n) is 9.73. The maximum Gasteiger partial charge on any atom is 0.175 e. The van der Waals surface area contributed by atoms with Crippen LogP contribution in [0.2, 0.25) is 0 Å². The van der Waals surface area contributed by atoms with E-state index in [1.165, 1.54) is 0 Å². The molecule has 0 aliphatic carbocycles. The molecule has 4 heteroatoms. The van der Waals surface area contributed by atoms with Gasteiger partial charge in [-0.15, -0.1) is 0 Å². The average molecular weight is 240 g/mol. The maximum atomic E-state index is 11.7. The summed E-state index contributed by atoms with van der Waals surface area (Å²) in [4.78, 5) is 11.7. The van der Waals surface area contributed by atoms with Crippen LogP contribution in [0.5, 0.6) is 5.75 Å². The summed E-state index contributed by atoms with van der Waals surface area (Å²) in [6.45, 7) is 3.69. The van der Waals surface area contributed by atoms with Gasteiger partial charge in [0.2, 0.25) is 0 Å². The van der Waals surface area contributed by atoms with E-state index in [-0.39, 0.29) is 16.8 Å². The van der Waals surface area contributed by atoms with Gasteiger partial charge in [0.25, 0.3) is 0 Å². The molecule has 0 aromatic heterocycles. The number of carbonyl (C=O) groups excluding carboxylic acids is 1. The summed E-state index contributed by atoms with van der Waals surface area (Å²) in [5.74, 6) is 0.709. The molecule has 0 saturated heterocycles. The first kappa shape index (κ1) is 12.9. The van der Waals surface area contributed by atoms with Crippen LogP contribution in [0.25, 0.3) is 0 Å². The number of Topliss-reactive ketones (excluding diaryl/α,β-unsaturated/α-hetero) is 1. The third-order valence-electron chi connectivity index (χ3n) is 2.21. The van der Waals surface area contributed by atoms with Crippen molar-refractivity contribution in [3.8, 4) is 5.75 Å². The van der Waals surface area contributed by atoms with Crippen LogP contribution in [0.1, 0.15) is 24.2 Å². The standard InChI is InChI=1S/C12H16O3S/c1-9(2)16(14)8-12(13)10-4-6-11(15-3)7-5-10/h4-7,9H,8H2,1-3H3. The number of carbonyl (C=O) groups is 1. The number of ketones is 1. The predicted molar refractivity (Wildman–Crippen MR) is 65.5 cm³/mol. The number of hydrogen-bond donors (Lipinski definition) is 0. The molecule has 16 heavy (non-hydrogen) atoms. The van der Waals surface area contributed by atoms with E-state index in [0.29, 0.717) is 11.3 Å². The second-order valence-corrected chi connectivity index (χ2v) is 5.72. The Morgan fingerprint density at radius 1 is 1.31 bits per heavy atom. The summed E-state index contributed by atoms with van der Waals surface area (Å²) >= 11 is 0. The van der Waals surface area contributed by atoms with E-state index in [0.717, 1.165) is 0 Å². The molecule has 0 aliphatic heterocycles. The summed E-state index contributed by atoms with van der Waals surface area (Å²) in [7, 11) is 0.484. The SMILES string of the molecule is COc1ccc(C(=O)CS(=O)C(C)C)cc1. The zero-order valence-corrected chi connectivity index (χ0v) is 10.5. The molecule has 1 atom stereocenters. The highest BCUT2D eigenvalue weighted by Crippen LogP contribution is 2.12. The van der Waals surface area contributed by atoms with Gasteiger partial charge in [-0.2, -0.15) is 0 Å². The van der Waals surface area contributed by atoms with Gasteiger partial charge < -0.3 is 4.74 Å². The fourth-order valence-electron chi connectivity index (χ4n) is 1.16. The van der Waals surface area contributed by atoms with Gasteiger partial charge >= 0.3 is 0 Å². The Bertz CT molecular complexity index is 382. The molecule has 0 N–H and O–H groups in total. The van der Waals surface area contributed by atoms with Crippen LogP contribution >= 0.6 is 0 Å². The number of rotatable bonds is 5. The van der Waals surface area contributed by atoms with Gasteiger partial charge in [-0.1, -0.05) is 13.8 Å². The van der Waals surface area contributed by atoms with E-state index in [1.54, 1.807) is 31.4 Å². The van der Waals surface area contributed by atoms with E-state index in [1.807, 2.05) is 13.8 Å². The lowest BCUT2D eigenvalue weighted by Gasteiger charge is -2.05. The fourth-order valence-corrected chi connectivity index (χ4v) is 1.91. The number of methoxy groups -OCH3 is 1. The number of ether oxygens (including phenoxy) is 1.